The first-order valence-electron chi connectivity index (χ1n) is 6.02. The maximum atomic E-state index is 13.8. The van der Waals surface area contributed by atoms with Crippen LogP contribution in [0.4, 0.5) is 4.39 Å². The molecule has 19 heavy (non-hydrogen) atoms. The molecular weight excluding hydrogens is 265 g/mol. The van der Waals surface area contributed by atoms with Crippen molar-refractivity contribution in [2.75, 3.05) is 20.2 Å². The normalized spacial score (nSPS) is 10.6. The molecule has 100 valence electrons. The monoisotopic (exact) mass is 279 g/mol. The SMILES string of the molecule is CNCCCCOc1cc2sc(C#N)nc2cc1F. The lowest BCUT2D eigenvalue weighted by Gasteiger charge is -2.07. The predicted octanol–water partition coefficient (Wildman–Crippen LogP) is 2.69. The molecule has 0 saturated carbocycles. The van der Waals surface area contributed by atoms with Gasteiger partial charge in [-0.15, -0.1) is 11.3 Å². The lowest BCUT2D eigenvalue weighted by molar-refractivity contribution is 0.292. The van der Waals surface area contributed by atoms with Crippen molar-refractivity contribution in [1.29, 1.82) is 5.26 Å². The Hall–Kier alpha value is -1.71. The third kappa shape index (κ3) is 3.40. The molecular formula is C13H14FN3OS. The second-order valence-corrected chi connectivity index (χ2v) is 5.07. The van der Waals surface area contributed by atoms with Crippen LogP contribution in [0.1, 0.15) is 17.8 Å². The second kappa shape index (κ2) is 6.45. The summed E-state index contributed by atoms with van der Waals surface area (Å²) in [5.74, 6) is -0.207. The zero-order chi connectivity index (χ0) is 13.7. The van der Waals surface area contributed by atoms with Crippen molar-refractivity contribution in [2.45, 2.75) is 12.8 Å². The number of fused-ring (bicyclic) bond motifs is 1. The van der Waals surface area contributed by atoms with Crippen LogP contribution in [0.5, 0.6) is 5.75 Å². The molecule has 0 bridgehead atoms. The maximum Gasteiger partial charge on any atom is 0.195 e. The fourth-order valence-corrected chi connectivity index (χ4v) is 2.45. The second-order valence-electron chi connectivity index (χ2n) is 4.04. The Morgan fingerprint density at radius 1 is 1.47 bits per heavy atom. The van der Waals surface area contributed by atoms with E-state index in [1.54, 1.807) is 6.07 Å². The number of unbranched alkanes of at least 4 members (excludes halogenated alkanes) is 1. The first kappa shape index (κ1) is 13.7. The van der Waals surface area contributed by atoms with E-state index >= 15 is 0 Å². The minimum Gasteiger partial charge on any atom is -0.490 e. The van der Waals surface area contributed by atoms with Gasteiger partial charge in [-0.2, -0.15) is 5.26 Å². The number of aromatic nitrogens is 1. The van der Waals surface area contributed by atoms with Crippen molar-refractivity contribution in [1.82, 2.24) is 10.3 Å². The van der Waals surface area contributed by atoms with Crippen LogP contribution in [-0.2, 0) is 0 Å². The zero-order valence-corrected chi connectivity index (χ0v) is 11.4. The summed E-state index contributed by atoms with van der Waals surface area (Å²) in [6.45, 7) is 1.40. The van der Waals surface area contributed by atoms with Crippen molar-refractivity contribution in [3.63, 3.8) is 0 Å². The smallest absolute Gasteiger partial charge is 0.195 e. The number of hydrogen-bond donors (Lipinski definition) is 1. The maximum absolute atomic E-state index is 13.8. The molecule has 2 aromatic rings. The van der Waals surface area contributed by atoms with Crippen LogP contribution >= 0.6 is 11.3 Å². The van der Waals surface area contributed by atoms with Gasteiger partial charge in [0.25, 0.3) is 0 Å². The van der Waals surface area contributed by atoms with Crippen molar-refractivity contribution in [3.05, 3.63) is 23.0 Å². The number of nitrogens with one attached hydrogen (secondary N) is 1. The Kier molecular flexibility index (Phi) is 4.66. The van der Waals surface area contributed by atoms with Crippen LogP contribution in [0, 0.1) is 17.1 Å². The van der Waals surface area contributed by atoms with Gasteiger partial charge in [0.15, 0.2) is 16.6 Å². The number of rotatable bonds is 6. The van der Waals surface area contributed by atoms with Crippen LogP contribution in [0.15, 0.2) is 12.1 Å². The molecule has 4 nitrogen and oxygen atoms in total. The highest BCUT2D eigenvalue weighted by Gasteiger charge is 2.10. The van der Waals surface area contributed by atoms with E-state index in [0.717, 1.165) is 24.1 Å². The first-order chi connectivity index (χ1) is 9.24. The molecule has 0 aliphatic carbocycles. The molecule has 0 spiro atoms. The lowest BCUT2D eigenvalue weighted by atomic mass is 10.3. The summed E-state index contributed by atoms with van der Waals surface area (Å²) in [5, 5.41) is 12.1. The summed E-state index contributed by atoms with van der Waals surface area (Å²) in [6, 6.07) is 4.89. The molecule has 0 saturated heterocycles. The number of nitriles is 1. The van der Waals surface area contributed by atoms with E-state index in [9.17, 15) is 4.39 Å². The van der Waals surface area contributed by atoms with E-state index in [-0.39, 0.29) is 5.75 Å². The Morgan fingerprint density at radius 2 is 2.32 bits per heavy atom. The highest BCUT2D eigenvalue weighted by molar-refractivity contribution is 7.19. The minimum atomic E-state index is -0.434. The van der Waals surface area contributed by atoms with Crippen LogP contribution in [0.2, 0.25) is 0 Å². The van der Waals surface area contributed by atoms with E-state index in [1.165, 1.54) is 17.4 Å². The molecule has 0 amide bonds. The Balaban J connectivity index is 2.06. The van der Waals surface area contributed by atoms with Crippen molar-refractivity contribution in [2.24, 2.45) is 0 Å². The number of nitrogens with zero attached hydrogens (tertiary/aromatic N) is 2. The molecule has 1 aromatic heterocycles. The van der Waals surface area contributed by atoms with Gasteiger partial charge in [-0.05, 0) is 26.4 Å². The highest BCUT2D eigenvalue weighted by atomic mass is 32.1. The fourth-order valence-electron chi connectivity index (χ4n) is 1.67. The van der Waals surface area contributed by atoms with Gasteiger partial charge in [0.05, 0.1) is 16.8 Å². The van der Waals surface area contributed by atoms with Crippen LogP contribution in [0.25, 0.3) is 10.2 Å². The molecule has 2 rings (SSSR count). The topological polar surface area (TPSA) is 57.9 Å². The molecule has 1 N–H and O–H groups in total. The van der Waals surface area contributed by atoms with Gasteiger partial charge in [-0.3, -0.25) is 0 Å². The quantitative estimate of drug-likeness (QED) is 0.826. The van der Waals surface area contributed by atoms with Gasteiger partial charge in [0.1, 0.15) is 6.07 Å². The lowest BCUT2D eigenvalue weighted by Crippen LogP contribution is -2.09. The Labute approximate surface area is 114 Å². The third-order valence-electron chi connectivity index (χ3n) is 2.62. The summed E-state index contributed by atoms with van der Waals surface area (Å²) in [7, 11) is 1.89. The van der Waals surface area contributed by atoms with E-state index in [2.05, 4.69) is 10.3 Å². The number of ether oxygens (including phenoxy) is 1. The molecule has 1 aromatic carbocycles. The summed E-state index contributed by atoms with van der Waals surface area (Å²) in [4.78, 5) is 4.01. The van der Waals surface area contributed by atoms with Crippen molar-refractivity contribution >= 4 is 21.6 Å². The molecule has 0 aliphatic rings. The summed E-state index contributed by atoms with van der Waals surface area (Å²) < 4.78 is 19.9. The van der Waals surface area contributed by atoms with E-state index < -0.39 is 5.82 Å². The molecule has 0 aliphatic heterocycles. The molecule has 1 heterocycles. The number of hydrogen-bond acceptors (Lipinski definition) is 5. The van der Waals surface area contributed by atoms with Gasteiger partial charge in [-0.1, -0.05) is 0 Å². The van der Waals surface area contributed by atoms with Gasteiger partial charge < -0.3 is 10.1 Å². The largest absolute Gasteiger partial charge is 0.490 e. The molecule has 0 unspecified atom stereocenters. The summed E-state index contributed by atoms with van der Waals surface area (Å²) in [5.41, 5.74) is 0.501. The average Bonchev–Trinajstić information content (AvgIpc) is 2.80. The summed E-state index contributed by atoms with van der Waals surface area (Å²) >= 11 is 1.24. The van der Waals surface area contributed by atoms with E-state index in [0.29, 0.717) is 17.1 Å². The van der Waals surface area contributed by atoms with Gasteiger partial charge in [-0.25, -0.2) is 9.37 Å². The van der Waals surface area contributed by atoms with Crippen molar-refractivity contribution in [3.8, 4) is 11.8 Å². The number of thiazole rings is 1. The zero-order valence-electron chi connectivity index (χ0n) is 10.6. The van der Waals surface area contributed by atoms with Gasteiger partial charge >= 0.3 is 0 Å². The number of benzene rings is 1. The van der Waals surface area contributed by atoms with Crippen LogP contribution in [0.3, 0.4) is 0 Å². The van der Waals surface area contributed by atoms with Gasteiger partial charge in [0, 0.05) is 12.1 Å². The minimum absolute atomic E-state index is 0.227. The average molecular weight is 279 g/mol. The summed E-state index contributed by atoms with van der Waals surface area (Å²) in [6.07, 6.45) is 1.85. The molecule has 6 heteroatoms. The molecule has 0 fully saturated rings. The third-order valence-corrected chi connectivity index (χ3v) is 3.54. The Morgan fingerprint density at radius 3 is 3.05 bits per heavy atom. The fraction of sp³-hybridized carbons (Fsp3) is 0.385. The molecule has 0 atom stereocenters. The molecule has 0 radical (unpaired) electrons. The standard InChI is InChI=1S/C13H14FN3OS/c1-16-4-2-3-5-18-11-7-12-10(6-9(11)14)17-13(8-15)19-12/h6-7,16H,2-5H2,1H3. The Bertz CT molecular complexity index is 606. The highest BCUT2D eigenvalue weighted by Crippen LogP contribution is 2.28. The van der Waals surface area contributed by atoms with Crippen LogP contribution in [-0.4, -0.2) is 25.2 Å². The van der Waals surface area contributed by atoms with E-state index in [1.807, 2.05) is 13.1 Å². The first-order valence-corrected chi connectivity index (χ1v) is 6.84. The van der Waals surface area contributed by atoms with Gasteiger partial charge in [0.2, 0.25) is 0 Å². The number of halogens is 1. The van der Waals surface area contributed by atoms with Crippen LogP contribution < -0.4 is 10.1 Å². The van der Waals surface area contributed by atoms with Crippen molar-refractivity contribution < 1.29 is 9.13 Å². The van der Waals surface area contributed by atoms with E-state index in [4.69, 9.17) is 10.00 Å². The predicted molar refractivity (Wildman–Crippen MR) is 72.9 cm³/mol.